The van der Waals surface area contributed by atoms with Crippen molar-refractivity contribution in [1.29, 1.82) is 0 Å². The third-order valence-corrected chi connectivity index (χ3v) is 7.66. The first-order valence-corrected chi connectivity index (χ1v) is 13.5. The maximum Gasteiger partial charge on any atom is 0.229 e. The molecule has 0 bridgehead atoms. The number of amides is 1. The molecule has 4 heterocycles. The molecule has 0 radical (unpaired) electrons. The number of carbonyl (C=O) groups is 1. The molecule has 2 aliphatic heterocycles. The summed E-state index contributed by atoms with van der Waals surface area (Å²) in [5.74, 6) is -0.176. The van der Waals surface area contributed by atoms with E-state index in [1.807, 2.05) is 31.7 Å². The molecule has 1 amide bonds. The van der Waals surface area contributed by atoms with Crippen molar-refractivity contribution in [2.45, 2.75) is 59.0 Å². The Kier molecular flexibility index (Phi) is 6.35. The lowest BCUT2D eigenvalue weighted by Crippen LogP contribution is -2.44. The Hall–Kier alpha value is -3.82. The van der Waals surface area contributed by atoms with Crippen molar-refractivity contribution < 1.29 is 18.3 Å². The van der Waals surface area contributed by atoms with Crippen LogP contribution in [0.4, 0.5) is 26.2 Å². The molecular formula is C29H32F2N6O2. The number of carbonyl (C=O) groups excluding carboxylic acids is 1. The smallest absolute Gasteiger partial charge is 0.229 e. The molecule has 1 aliphatic carbocycles. The summed E-state index contributed by atoms with van der Waals surface area (Å²) in [6.07, 6.45) is 4.98. The molecule has 0 unspecified atom stereocenters. The maximum atomic E-state index is 15.1. The SMILES string of the molecule is CC(C)(C)C(=O)N1CCc2nc(Nc3ncc(F)c(-c4cc(F)c5c(c4)N(C4CCC4)CCO5)n3)ccc2C1. The number of anilines is 3. The van der Waals surface area contributed by atoms with Crippen molar-refractivity contribution in [2.75, 3.05) is 29.9 Å². The fraction of sp³-hybridized carbons (Fsp3) is 0.448. The van der Waals surface area contributed by atoms with Crippen LogP contribution < -0.4 is 15.0 Å². The lowest BCUT2D eigenvalue weighted by Gasteiger charge is -2.42. The van der Waals surface area contributed by atoms with Crippen molar-refractivity contribution in [1.82, 2.24) is 19.9 Å². The van der Waals surface area contributed by atoms with Crippen LogP contribution in [0, 0.1) is 17.0 Å². The lowest BCUT2D eigenvalue weighted by molar-refractivity contribution is -0.140. The van der Waals surface area contributed by atoms with E-state index in [-0.39, 0.29) is 23.3 Å². The standard InChI is InChI=1S/C29H32F2N6O2/c1-29(2,3)27(38)36-10-9-22-17(16-36)7-8-24(33-22)34-28-32-15-21(31)25(35-28)18-13-20(30)26-23(14-18)37(11-12-39-26)19-5-4-6-19/h7-8,13-15,19H,4-6,9-12,16H2,1-3H3,(H,32,33,34,35). The van der Waals surface area contributed by atoms with Gasteiger partial charge in [0.15, 0.2) is 17.4 Å². The molecule has 0 atom stereocenters. The molecule has 0 saturated heterocycles. The first kappa shape index (κ1) is 25.5. The highest BCUT2D eigenvalue weighted by molar-refractivity contribution is 5.81. The van der Waals surface area contributed by atoms with Gasteiger partial charge in [-0.2, -0.15) is 0 Å². The highest BCUT2D eigenvalue weighted by Crippen LogP contribution is 2.42. The Balaban J connectivity index is 1.25. The first-order valence-electron chi connectivity index (χ1n) is 13.5. The predicted octanol–water partition coefficient (Wildman–Crippen LogP) is 5.24. The minimum absolute atomic E-state index is 0.00243. The number of ether oxygens (including phenoxy) is 1. The number of rotatable bonds is 4. The fourth-order valence-electron chi connectivity index (χ4n) is 5.39. The van der Waals surface area contributed by atoms with E-state index in [9.17, 15) is 9.18 Å². The van der Waals surface area contributed by atoms with Gasteiger partial charge in [-0.15, -0.1) is 0 Å². The lowest BCUT2D eigenvalue weighted by atomic mass is 9.90. The summed E-state index contributed by atoms with van der Waals surface area (Å²) < 4.78 is 35.6. The molecule has 8 nitrogen and oxygen atoms in total. The summed E-state index contributed by atoms with van der Waals surface area (Å²) in [7, 11) is 0. The molecule has 2 aromatic heterocycles. The maximum absolute atomic E-state index is 15.1. The van der Waals surface area contributed by atoms with Crippen LogP contribution in [0.3, 0.4) is 0 Å². The van der Waals surface area contributed by atoms with E-state index in [0.717, 1.165) is 36.7 Å². The van der Waals surface area contributed by atoms with Crippen LogP contribution in [0.5, 0.6) is 5.75 Å². The normalized spacial score (nSPS) is 17.2. The van der Waals surface area contributed by atoms with Gasteiger partial charge >= 0.3 is 0 Å². The van der Waals surface area contributed by atoms with E-state index in [1.165, 1.54) is 6.07 Å². The van der Waals surface area contributed by atoms with Crippen LogP contribution in [0.25, 0.3) is 11.3 Å². The van der Waals surface area contributed by atoms with Crippen molar-refractivity contribution in [3.05, 3.63) is 53.4 Å². The summed E-state index contributed by atoms with van der Waals surface area (Å²) in [4.78, 5) is 29.9. The van der Waals surface area contributed by atoms with E-state index in [4.69, 9.17) is 9.72 Å². The highest BCUT2D eigenvalue weighted by Gasteiger charge is 2.32. The number of halogens is 2. The Morgan fingerprint density at radius 3 is 2.67 bits per heavy atom. The van der Waals surface area contributed by atoms with Crippen molar-refractivity contribution >= 4 is 23.4 Å². The van der Waals surface area contributed by atoms with Crippen LogP contribution in [-0.2, 0) is 17.8 Å². The second-order valence-corrected chi connectivity index (χ2v) is 11.5. The number of nitrogens with zero attached hydrogens (tertiary/aromatic N) is 5. The summed E-state index contributed by atoms with van der Waals surface area (Å²) in [5.41, 5.74) is 2.42. The van der Waals surface area contributed by atoms with E-state index < -0.39 is 17.0 Å². The van der Waals surface area contributed by atoms with Gasteiger partial charge in [-0.05, 0) is 43.0 Å². The number of hydrogen-bond donors (Lipinski definition) is 1. The Morgan fingerprint density at radius 1 is 1.10 bits per heavy atom. The molecule has 3 aliphatic rings. The van der Waals surface area contributed by atoms with Gasteiger partial charge in [0, 0.05) is 42.2 Å². The van der Waals surface area contributed by atoms with Gasteiger partial charge in [-0.1, -0.05) is 26.8 Å². The number of hydrogen-bond acceptors (Lipinski definition) is 7. The molecule has 39 heavy (non-hydrogen) atoms. The number of fused-ring (bicyclic) bond motifs is 2. The Bertz CT molecular complexity index is 1440. The quantitative estimate of drug-likeness (QED) is 0.490. The zero-order chi connectivity index (χ0) is 27.3. The second-order valence-electron chi connectivity index (χ2n) is 11.5. The van der Waals surface area contributed by atoms with E-state index >= 15 is 4.39 Å². The highest BCUT2D eigenvalue weighted by atomic mass is 19.1. The van der Waals surface area contributed by atoms with Crippen LogP contribution in [0.2, 0.25) is 0 Å². The molecule has 204 valence electrons. The third-order valence-electron chi connectivity index (χ3n) is 7.66. The van der Waals surface area contributed by atoms with Gasteiger partial charge in [0.1, 0.15) is 18.1 Å². The zero-order valence-electron chi connectivity index (χ0n) is 22.4. The van der Waals surface area contributed by atoms with Gasteiger partial charge in [-0.3, -0.25) is 4.79 Å². The van der Waals surface area contributed by atoms with Crippen LogP contribution in [0.15, 0.2) is 30.5 Å². The van der Waals surface area contributed by atoms with Gasteiger partial charge in [0.2, 0.25) is 11.9 Å². The van der Waals surface area contributed by atoms with Crippen LogP contribution in [-0.4, -0.2) is 51.5 Å². The van der Waals surface area contributed by atoms with E-state index in [2.05, 4.69) is 20.2 Å². The van der Waals surface area contributed by atoms with Crippen molar-refractivity contribution in [3.63, 3.8) is 0 Å². The second kappa shape index (κ2) is 9.73. The summed E-state index contributed by atoms with van der Waals surface area (Å²) in [6.45, 7) is 7.97. The van der Waals surface area contributed by atoms with Gasteiger partial charge in [0.05, 0.1) is 18.4 Å². The zero-order valence-corrected chi connectivity index (χ0v) is 22.4. The summed E-state index contributed by atoms with van der Waals surface area (Å²) in [5, 5.41) is 3.06. The average molecular weight is 535 g/mol. The molecular weight excluding hydrogens is 502 g/mol. The van der Waals surface area contributed by atoms with Gasteiger partial charge in [-0.25, -0.2) is 23.7 Å². The number of pyridine rings is 1. The molecule has 1 N–H and O–H groups in total. The topological polar surface area (TPSA) is 83.5 Å². The van der Waals surface area contributed by atoms with Gasteiger partial charge < -0.3 is 19.9 Å². The largest absolute Gasteiger partial charge is 0.486 e. The minimum Gasteiger partial charge on any atom is -0.486 e. The monoisotopic (exact) mass is 534 g/mol. The average Bonchev–Trinajstić information content (AvgIpc) is 2.88. The van der Waals surface area contributed by atoms with Crippen LogP contribution >= 0.6 is 0 Å². The third kappa shape index (κ3) is 4.88. The molecule has 1 fully saturated rings. The first-order chi connectivity index (χ1) is 18.7. The summed E-state index contributed by atoms with van der Waals surface area (Å²) in [6, 6.07) is 7.10. The Morgan fingerprint density at radius 2 is 1.92 bits per heavy atom. The molecule has 1 aromatic carbocycles. The molecule has 0 spiro atoms. The van der Waals surface area contributed by atoms with E-state index in [0.29, 0.717) is 55.8 Å². The number of nitrogens with one attached hydrogen (secondary N) is 1. The van der Waals surface area contributed by atoms with Crippen molar-refractivity contribution in [3.8, 4) is 17.0 Å². The molecule has 10 heteroatoms. The van der Waals surface area contributed by atoms with E-state index in [1.54, 1.807) is 12.1 Å². The van der Waals surface area contributed by atoms with Gasteiger partial charge in [0.25, 0.3) is 0 Å². The molecule has 6 rings (SSSR count). The van der Waals surface area contributed by atoms with Crippen molar-refractivity contribution in [2.24, 2.45) is 5.41 Å². The summed E-state index contributed by atoms with van der Waals surface area (Å²) >= 11 is 0. The number of aromatic nitrogens is 3. The molecule has 1 saturated carbocycles. The predicted molar refractivity (Wildman–Crippen MR) is 144 cm³/mol. The fourth-order valence-corrected chi connectivity index (χ4v) is 5.39. The Labute approximate surface area is 226 Å². The number of benzene rings is 1. The van der Waals surface area contributed by atoms with Crippen LogP contribution in [0.1, 0.15) is 51.3 Å². The molecule has 3 aromatic rings. The minimum atomic E-state index is -0.645.